The quantitative estimate of drug-likeness (QED) is 0.766. The van der Waals surface area contributed by atoms with Crippen LogP contribution < -0.4 is 5.73 Å². The molecule has 15 heavy (non-hydrogen) atoms. The normalized spacial score (nSPS) is 10.5. The van der Waals surface area contributed by atoms with Crippen molar-refractivity contribution in [1.82, 2.24) is 25.0 Å². The van der Waals surface area contributed by atoms with Crippen LogP contribution in [0.3, 0.4) is 0 Å². The summed E-state index contributed by atoms with van der Waals surface area (Å²) in [5, 5.41) is 7.64. The van der Waals surface area contributed by atoms with E-state index in [9.17, 15) is 0 Å². The van der Waals surface area contributed by atoms with Gasteiger partial charge >= 0.3 is 0 Å². The van der Waals surface area contributed by atoms with Gasteiger partial charge in [-0.25, -0.2) is 14.6 Å². The zero-order valence-corrected chi connectivity index (χ0v) is 8.68. The first-order chi connectivity index (χ1) is 7.20. The number of rotatable bonds is 2. The second kappa shape index (κ2) is 3.64. The van der Waals surface area contributed by atoms with E-state index in [4.69, 9.17) is 5.73 Å². The third-order valence-corrected chi connectivity index (χ3v) is 2.09. The van der Waals surface area contributed by atoms with Crippen LogP contribution in [0.15, 0.2) is 12.3 Å². The Hall–Kier alpha value is -1.98. The Morgan fingerprint density at radius 3 is 2.80 bits per heavy atom. The first-order valence-corrected chi connectivity index (χ1v) is 4.69. The van der Waals surface area contributed by atoms with Crippen LogP contribution in [0.5, 0.6) is 0 Å². The summed E-state index contributed by atoms with van der Waals surface area (Å²) in [6.07, 6.45) is 2.41. The molecule has 0 amide bonds. The Kier molecular flexibility index (Phi) is 2.32. The molecule has 0 atom stereocenters. The van der Waals surface area contributed by atoms with Gasteiger partial charge in [0, 0.05) is 19.5 Å². The molecule has 0 saturated carbocycles. The number of aromatic nitrogens is 5. The Balaban J connectivity index is 2.53. The summed E-state index contributed by atoms with van der Waals surface area (Å²) in [6, 6.07) is 1.72. The number of aryl methyl sites for hydroxylation is 2. The lowest BCUT2D eigenvalue weighted by Crippen LogP contribution is -2.02. The number of nitrogen functional groups attached to an aromatic ring is 1. The van der Waals surface area contributed by atoms with E-state index in [0.29, 0.717) is 5.82 Å². The van der Waals surface area contributed by atoms with E-state index in [1.807, 2.05) is 14.0 Å². The predicted octanol–water partition coefficient (Wildman–Crippen LogP) is 0.417. The van der Waals surface area contributed by atoms with Gasteiger partial charge in [0.05, 0.1) is 11.9 Å². The van der Waals surface area contributed by atoms with Gasteiger partial charge in [-0.2, -0.15) is 0 Å². The molecule has 0 radical (unpaired) electrons. The molecule has 6 nitrogen and oxygen atoms in total. The fourth-order valence-corrected chi connectivity index (χ4v) is 1.33. The van der Waals surface area contributed by atoms with E-state index >= 15 is 0 Å². The lowest BCUT2D eigenvalue weighted by atomic mass is 10.3. The number of hydrogen-bond acceptors (Lipinski definition) is 5. The van der Waals surface area contributed by atoms with Gasteiger partial charge in [-0.05, 0) is 0 Å². The van der Waals surface area contributed by atoms with Crippen molar-refractivity contribution in [3.8, 4) is 11.4 Å². The van der Waals surface area contributed by atoms with Crippen molar-refractivity contribution < 1.29 is 0 Å². The highest BCUT2D eigenvalue weighted by Crippen LogP contribution is 2.16. The summed E-state index contributed by atoms with van der Waals surface area (Å²) < 4.78 is 1.65. The highest BCUT2D eigenvalue weighted by molar-refractivity contribution is 5.56. The summed E-state index contributed by atoms with van der Waals surface area (Å²) in [4.78, 5) is 8.47. The fourth-order valence-electron chi connectivity index (χ4n) is 1.33. The summed E-state index contributed by atoms with van der Waals surface area (Å²) in [6.45, 7) is 1.99. The van der Waals surface area contributed by atoms with Crippen LogP contribution in [0.2, 0.25) is 0 Å². The van der Waals surface area contributed by atoms with E-state index in [1.54, 1.807) is 16.9 Å². The molecule has 78 valence electrons. The first kappa shape index (κ1) is 9.57. The fraction of sp³-hybridized carbons (Fsp3) is 0.333. The maximum absolute atomic E-state index is 5.69. The summed E-state index contributed by atoms with van der Waals surface area (Å²) in [5.41, 5.74) is 7.28. The van der Waals surface area contributed by atoms with Crippen LogP contribution in [-0.2, 0) is 13.5 Å². The number of anilines is 1. The van der Waals surface area contributed by atoms with Gasteiger partial charge in [0.1, 0.15) is 17.3 Å². The van der Waals surface area contributed by atoms with Crippen molar-refractivity contribution in [2.75, 3.05) is 5.73 Å². The summed E-state index contributed by atoms with van der Waals surface area (Å²) >= 11 is 0. The van der Waals surface area contributed by atoms with Gasteiger partial charge in [-0.15, -0.1) is 5.10 Å². The molecule has 0 aromatic carbocycles. The maximum atomic E-state index is 5.69. The standard InChI is InChI=1S/C9H12N6/c1-3-9-12-6(4-8(10)13-9)7-5-11-14-15(7)2/h4-5H,3H2,1-2H3,(H2,10,12,13). The topological polar surface area (TPSA) is 82.5 Å². The molecule has 2 aromatic rings. The summed E-state index contributed by atoms with van der Waals surface area (Å²) in [7, 11) is 1.81. The Morgan fingerprint density at radius 2 is 2.20 bits per heavy atom. The van der Waals surface area contributed by atoms with Crippen molar-refractivity contribution in [3.63, 3.8) is 0 Å². The molecule has 0 aliphatic rings. The molecule has 2 N–H and O–H groups in total. The van der Waals surface area contributed by atoms with Gasteiger partial charge in [-0.3, -0.25) is 0 Å². The lowest BCUT2D eigenvalue weighted by molar-refractivity contribution is 0.718. The highest BCUT2D eigenvalue weighted by atomic mass is 15.4. The van der Waals surface area contributed by atoms with Crippen molar-refractivity contribution in [2.45, 2.75) is 13.3 Å². The van der Waals surface area contributed by atoms with Gasteiger partial charge < -0.3 is 5.73 Å². The largest absolute Gasteiger partial charge is 0.384 e. The predicted molar refractivity (Wildman–Crippen MR) is 55.8 cm³/mol. The molecule has 0 spiro atoms. The van der Waals surface area contributed by atoms with E-state index < -0.39 is 0 Å². The third-order valence-electron chi connectivity index (χ3n) is 2.09. The number of nitrogens with zero attached hydrogens (tertiary/aromatic N) is 5. The number of hydrogen-bond donors (Lipinski definition) is 1. The van der Waals surface area contributed by atoms with E-state index in [2.05, 4.69) is 20.3 Å². The molecule has 6 heteroatoms. The second-order valence-corrected chi connectivity index (χ2v) is 3.19. The minimum Gasteiger partial charge on any atom is -0.384 e. The van der Waals surface area contributed by atoms with Crippen LogP contribution in [0, 0.1) is 0 Å². The van der Waals surface area contributed by atoms with Gasteiger partial charge in [0.2, 0.25) is 0 Å². The minimum absolute atomic E-state index is 0.470. The lowest BCUT2D eigenvalue weighted by Gasteiger charge is -2.03. The van der Waals surface area contributed by atoms with Crippen molar-refractivity contribution in [1.29, 1.82) is 0 Å². The minimum atomic E-state index is 0.470. The van der Waals surface area contributed by atoms with Gasteiger partial charge in [-0.1, -0.05) is 12.1 Å². The van der Waals surface area contributed by atoms with Crippen molar-refractivity contribution in [2.24, 2.45) is 7.05 Å². The number of nitrogens with two attached hydrogens (primary N) is 1. The first-order valence-electron chi connectivity index (χ1n) is 4.69. The van der Waals surface area contributed by atoms with Crippen LogP contribution in [-0.4, -0.2) is 25.0 Å². The average molecular weight is 204 g/mol. The molecule has 0 aliphatic heterocycles. The molecule has 2 rings (SSSR count). The molecule has 0 bridgehead atoms. The van der Waals surface area contributed by atoms with E-state index in [0.717, 1.165) is 23.6 Å². The van der Waals surface area contributed by atoms with Crippen LogP contribution >= 0.6 is 0 Å². The molecule has 0 saturated heterocycles. The van der Waals surface area contributed by atoms with Crippen molar-refractivity contribution in [3.05, 3.63) is 18.1 Å². The second-order valence-electron chi connectivity index (χ2n) is 3.19. The van der Waals surface area contributed by atoms with Crippen molar-refractivity contribution >= 4 is 5.82 Å². The molecule has 0 aliphatic carbocycles. The maximum Gasteiger partial charge on any atom is 0.131 e. The molecule has 2 aromatic heterocycles. The van der Waals surface area contributed by atoms with Crippen LogP contribution in [0.1, 0.15) is 12.7 Å². The van der Waals surface area contributed by atoms with Crippen LogP contribution in [0.25, 0.3) is 11.4 Å². The Labute approximate surface area is 87.2 Å². The van der Waals surface area contributed by atoms with E-state index in [-0.39, 0.29) is 0 Å². The molecule has 0 fully saturated rings. The zero-order chi connectivity index (χ0) is 10.8. The molecule has 0 unspecified atom stereocenters. The zero-order valence-electron chi connectivity index (χ0n) is 8.68. The average Bonchev–Trinajstić information content (AvgIpc) is 2.63. The van der Waals surface area contributed by atoms with Gasteiger partial charge in [0.25, 0.3) is 0 Å². The molecular weight excluding hydrogens is 192 g/mol. The van der Waals surface area contributed by atoms with E-state index in [1.165, 1.54) is 0 Å². The Morgan fingerprint density at radius 1 is 1.40 bits per heavy atom. The molecule has 2 heterocycles. The highest BCUT2D eigenvalue weighted by Gasteiger charge is 2.07. The SMILES string of the molecule is CCc1nc(N)cc(-c2cnnn2C)n1. The third kappa shape index (κ3) is 1.78. The van der Waals surface area contributed by atoms with Gasteiger partial charge in [0.15, 0.2) is 0 Å². The summed E-state index contributed by atoms with van der Waals surface area (Å²) in [5.74, 6) is 1.20. The monoisotopic (exact) mass is 204 g/mol. The smallest absolute Gasteiger partial charge is 0.131 e. The van der Waals surface area contributed by atoms with Crippen LogP contribution in [0.4, 0.5) is 5.82 Å². The molecular formula is C9H12N6. The Bertz CT molecular complexity index is 475.